The van der Waals surface area contributed by atoms with Crippen molar-refractivity contribution < 1.29 is 34.0 Å². The lowest BCUT2D eigenvalue weighted by Crippen LogP contribution is -2.53. The average molecular weight is 467 g/mol. The van der Waals surface area contributed by atoms with Gasteiger partial charge in [0.15, 0.2) is 0 Å². The van der Waals surface area contributed by atoms with Gasteiger partial charge in [0.2, 0.25) is 0 Å². The molecule has 2 aliphatic heterocycles. The van der Waals surface area contributed by atoms with Crippen LogP contribution < -0.4 is 0 Å². The highest BCUT2D eigenvalue weighted by molar-refractivity contribution is 5.70. The van der Waals surface area contributed by atoms with Crippen LogP contribution in [0.2, 0.25) is 0 Å². The Bertz CT molecular complexity index is 760. The number of ether oxygens (including phenoxy) is 3. The molecule has 2 saturated heterocycles. The third-order valence-electron chi connectivity index (χ3n) is 8.12. The van der Waals surface area contributed by atoms with Crippen LogP contribution in [0.5, 0.6) is 0 Å². The van der Waals surface area contributed by atoms with E-state index in [0.29, 0.717) is 32.1 Å². The first-order valence-corrected chi connectivity index (χ1v) is 12.4. The molecule has 2 heterocycles. The fraction of sp³-hybridized carbons (Fsp3) is 0.846. The summed E-state index contributed by atoms with van der Waals surface area (Å²) in [5.74, 6) is -0.383. The highest BCUT2D eigenvalue weighted by atomic mass is 16.6. The van der Waals surface area contributed by atoms with Crippen LogP contribution in [0, 0.1) is 23.7 Å². The zero-order valence-electron chi connectivity index (χ0n) is 21.0. The monoisotopic (exact) mass is 466 g/mol. The van der Waals surface area contributed by atoms with E-state index in [9.17, 15) is 19.8 Å². The van der Waals surface area contributed by atoms with Crippen LogP contribution in [-0.2, 0) is 23.8 Å². The fourth-order valence-electron chi connectivity index (χ4n) is 6.36. The fourth-order valence-corrected chi connectivity index (χ4v) is 6.36. The zero-order valence-corrected chi connectivity index (χ0v) is 21.0. The van der Waals surface area contributed by atoms with Gasteiger partial charge in [-0.05, 0) is 56.9 Å². The molecule has 3 rings (SSSR count). The van der Waals surface area contributed by atoms with Crippen molar-refractivity contribution in [2.45, 2.75) is 116 Å². The Morgan fingerprint density at radius 2 is 1.97 bits per heavy atom. The van der Waals surface area contributed by atoms with Gasteiger partial charge in [0.25, 0.3) is 0 Å². The SMILES string of the molecule is C=C1[C@@H]2[C@H]([C@H](C(C)C)C[C@H]1OC(C)=O)[C@@H]1O[C@H]2C[C@](C)(O)[C@H](O)CC[C@@]1(C)OC(=O)CCC. The van der Waals surface area contributed by atoms with E-state index in [1.54, 1.807) is 6.92 Å². The Morgan fingerprint density at radius 3 is 2.55 bits per heavy atom. The summed E-state index contributed by atoms with van der Waals surface area (Å²) in [5, 5.41) is 21.9. The van der Waals surface area contributed by atoms with Crippen LogP contribution in [0.25, 0.3) is 0 Å². The summed E-state index contributed by atoms with van der Waals surface area (Å²) in [4.78, 5) is 24.4. The first kappa shape index (κ1) is 26.2. The van der Waals surface area contributed by atoms with Gasteiger partial charge < -0.3 is 24.4 Å². The molecule has 1 aliphatic carbocycles. The predicted molar refractivity (Wildman–Crippen MR) is 123 cm³/mol. The summed E-state index contributed by atoms with van der Waals surface area (Å²) in [6.45, 7) is 15.5. The number of hydrogen-bond acceptors (Lipinski definition) is 7. The number of carbonyl (C=O) groups is 2. The van der Waals surface area contributed by atoms with Crippen molar-refractivity contribution in [1.82, 2.24) is 0 Å². The number of carbonyl (C=O) groups excluding carboxylic acids is 2. The van der Waals surface area contributed by atoms with Crippen LogP contribution in [0.4, 0.5) is 0 Å². The van der Waals surface area contributed by atoms with Crippen molar-refractivity contribution in [3.05, 3.63) is 12.2 Å². The zero-order chi connectivity index (χ0) is 24.7. The minimum absolute atomic E-state index is 0.000206. The summed E-state index contributed by atoms with van der Waals surface area (Å²) in [6.07, 6.45) is 0.301. The number of aliphatic hydroxyl groups is 2. The molecule has 9 atom stereocenters. The van der Waals surface area contributed by atoms with E-state index >= 15 is 0 Å². The van der Waals surface area contributed by atoms with Crippen molar-refractivity contribution in [2.24, 2.45) is 23.7 Å². The topological polar surface area (TPSA) is 102 Å². The molecular formula is C26H42O7. The number of hydrogen-bond donors (Lipinski definition) is 2. The summed E-state index contributed by atoms with van der Waals surface area (Å²) >= 11 is 0. The van der Waals surface area contributed by atoms with Crippen molar-refractivity contribution >= 4 is 11.9 Å². The first-order valence-electron chi connectivity index (χ1n) is 12.4. The van der Waals surface area contributed by atoms with E-state index in [0.717, 1.165) is 5.57 Å². The van der Waals surface area contributed by atoms with Gasteiger partial charge >= 0.3 is 11.9 Å². The van der Waals surface area contributed by atoms with Crippen LogP contribution >= 0.6 is 0 Å². The molecule has 2 N–H and O–H groups in total. The van der Waals surface area contributed by atoms with Crippen LogP contribution in [0.1, 0.15) is 80.1 Å². The van der Waals surface area contributed by atoms with Gasteiger partial charge in [-0.15, -0.1) is 0 Å². The molecule has 3 aliphatic rings. The van der Waals surface area contributed by atoms with Gasteiger partial charge in [0, 0.05) is 31.6 Å². The maximum atomic E-state index is 12.6. The molecule has 0 spiro atoms. The van der Waals surface area contributed by atoms with Gasteiger partial charge in [-0.2, -0.15) is 0 Å². The molecular weight excluding hydrogens is 424 g/mol. The van der Waals surface area contributed by atoms with E-state index in [1.807, 2.05) is 13.8 Å². The second kappa shape index (κ2) is 9.67. The summed E-state index contributed by atoms with van der Waals surface area (Å²) in [6, 6.07) is 0. The van der Waals surface area contributed by atoms with Gasteiger partial charge in [0.1, 0.15) is 17.8 Å². The molecule has 0 aromatic carbocycles. The Labute approximate surface area is 197 Å². The van der Waals surface area contributed by atoms with Crippen molar-refractivity contribution in [2.75, 3.05) is 0 Å². The first-order chi connectivity index (χ1) is 15.3. The molecule has 1 saturated carbocycles. The van der Waals surface area contributed by atoms with E-state index in [-0.39, 0.29) is 42.0 Å². The van der Waals surface area contributed by atoms with E-state index in [4.69, 9.17) is 14.2 Å². The van der Waals surface area contributed by atoms with E-state index in [2.05, 4.69) is 20.4 Å². The number of esters is 2. The maximum absolute atomic E-state index is 12.6. The van der Waals surface area contributed by atoms with Gasteiger partial charge in [-0.1, -0.05) is 27.4 Å². The highest BCUT2D eigenvalue weighted by Gasteiger charge is 2.62. The molecule has 188 valence electrons. The summed E-state index contributed by atoms with van der Waals surface area (Å²) < 4.78 is 18.4. The third-order valence-corrected chi connectivity index (χ3v) is 8.12. The summed E-state index contributed by atoms with van der Waals surface area (Å²) in [7, 11) is 0. The average Bonchev–Trinajstić information content (AvgIpc) is 3.07. The smallest absolute Gasteiger partial charge is 0.306 e. The third kappa shape index (κ3) is 5.15. The highest BCUT2D eigenvalue weighted by Crippen LogP contribution is 2.56. The van der Waals surface area contributed by atoms with E-state index in [1.165, 1.54) is 6.92 Å². The predicted octanol–water partition coefficient (Wildman–Crippen LogP) is 3.55. The molecule has 0 aromatic heterocycles. The largest absolute Gasteiger partial charge is 0.458 e. The Balaban J connectivity index is 2.08. The van der Waals surface area contributed by atoms with Gasteiger partial charge in [0.05, 0.1) is 17.8 Å². The molecule has 0 aromatic rings. The molecule has 0 radical (unpaired) electrons. The van der Waals surface area contributed by atoms with Crippen molar-refractivity contribution in [3.8, 4) is 0 Å². The van der Waals surface area contributed by atoms with Gasteiger partial charge in [-0.3, -0.25) is 9.59 Å². The Hall–Kier alpha value is -1.44. The minimum Gasteiger partial charge on any atom is -0.458 e. The number of aliphatic hydroxyl groups excluding tert-OH is 1. The lowest BCUT2D eigenvalue weighted by atomic mass is 9.59. The standard InChI is InChI=1S/C26H42O7/c1-8-9-21(29)33-26(7)11-10-20(28)25(6,30)13-19-22-15(4)18(31-16(5)27)12-17(14(2)3)23(22)24(26)32-19/h14,17-20,22-24,28,30H,4,8-13H2,1-3,5-7H3/t17-,18+,19-,20+,22-,23-,24-,25-,26+/m0/s1. The van der Waals surface area contributed by atoms with Crippen molar-refractivity contribution in [3.63, 3.8) is 0 Å². The second-order valence-corrected chi connectivity index (χ2v) is 11.2. The minimum atomic E-state index is -1.37. The lowest BCUT2D eigenvalue weighted by Gasteiger charge is -2.47. The normalized spacial score (nSPS) is 43.3. The molecule has 7 heteroatoms. The van der Waals surface area contributed by atoms with Crippen LogP contribution in [0.15, 0.2) is 12.2 Å². The number of rotatable bonds is 5. The quantitative estimate of drug-likeness (QED) is 0.472. The molecule has 0 amide bonds. The second-order valence-electron chi connectivity index (χ2n) is 11.2. The van der Waals surface area contributed by atoms with Gasteiger partial charge in [-0.25, -0.2) is 0 Å². The van der Waals surface area contributed by atoms with Crippen LogP contribution in [-0.4, -0.2) is 57.8 Å². The Kier molecular flexibility index (Phi) is 7.67. The molecule has 0 unspecified atom stereocenters. The maximum Gasteiger partial charge on any atom is 0.306 e. The molecule has 33 heavy (non-hydrogen) atoms. The van der Waals surface area contributed by atoms with E-state index < -0.39 is 35.6 Å². The molecule has 7 nitrogen and oxygen atoms in total. The molecule has 2 bridgehead atoms. The molecule has 3 fully saturated rings. The Morgan fingerprint density at radius 1 is 1.30 bits per heavy atom. The van der Waals surface area contributed by atoms with Crippen molar-refractivity contribution in [1.29, 1.82) is 0 Å². The lowest BCUT2D eigenvalue weighted by molar-refractivity contribution is -0.182. The summed E-state index contributed by atoms with van der Waals surface area (Å²) in [5.41, 5.74) is -1.54. The number of fused-ring (bicyclic) bond motifs is 5. The van der Waals surface area contributed by atoms with Crippen LogP contribution in [0.3, 0.4) is 0 Å².